The van der Waals surface area contributed by atoms with Gasteiger partial charge in [0.1, 0.15) is 6.33 Å². The summed E-state index contributed by atoms with van der Waals surface area (Å²) in [6.45, 7) is 1.41. The maximum Gasteiger partial charge on any atom is 0.237 e. The van der Waals surface area contributed by atoms with Crippen molar-refractivity contribution in [1.29, 1.82) is 0 Å². The van der Waals surface area contributed by atoms with Gasteiger partial charge in [-0.1, -0.05) is 11.8 Å². The van der Waals surface area contributed by atoms with E-state index in [2.05, 4.69) is 15.5 Å². The fourth-order valence-electron chi connectivity index (χ4n) is 0.708. The third kappa shape index (κ3) is 2.90. The molecule has 1 aromatic rings. The van der Waals surface area contributed by atoms with Crippen LogP contribution >= 0.6 is 11.8 Å². The number of hydrazone groups is 1. The summed E-state index contributed by atoms with van der Waals surface area (Å²) in [5.74, 6) is -0.188. The molecule has 1 heterocycles. The van der Waals surface area contributed by atoms with Crippen molar-refractivity contribution in [2.75, 3.05) is 6.26 Å². The van der Waals surface area contributed by atoms with Gasteiger partial charge in [-0.15, -0.1) is 5.10 Å². The molecule has 1 aromatic heterocycles. The van der Waals surface area contributed by atoms with E-state index >= 15 is 0 Å². The topological polar surface area (TPSA) is 59.3 Å². The lowest BCUT2D eigenvalue weighted by Gasteiger charge is -2.02. The largest absolute Gasteiger partial charge is 0.284 e. The minimum absolute atomic E-state index is 0.188. The van der Waals surface area contributed by atoms with E-state index in [9.17, 15) is 4.79 Å². The Bertz CT molecular complexity index is 306. The highest BCUT2D eigenvalue weighted by molar-refractivity contribution is 8.13. The number of carbonyl (C=O) groups is 1. The monoisotopic (exact) mass is 198 g/mol. The van der Waals surface area contributed by atoms with Gasteiger partial charge in [-0.25, -0.2) is 10.4 Å². The van der Waals surface area contributed by atoms with Gasteiger partial charge in [-0.05, 0) is 6.26 Å². The van der Waals surface area contributed by atoms with Crippen LogP contribution in [0.15, 0.2) is 23.8 Å². The van der Waals surface area contributed by atoms with Gasteiger partial charge in [0.05, 0.1) is 0 Å². The number of thioether (sulfide) groups is 1. The summed E-state index contributed by atoms with van der Waals surface area (Å²) in [5.41, 5.74) is 2.36. The minimum atomic E-state index is -0.188. The Kier molecular flexibility index (Phi) is 3.51. The summed E-state index contributed by atoms with van der Waals surface area (Å²) < 4.78 is 1.72. The Labute approximate surface area is 80.2 Å². The Balaban J connectivity index is 2.73. The molecule has 0 radical (unpaired) electrons. The van der Waals surface area contributed by atoms with E-state index in [0.717, 1.165) is 0 Å². The van der Waals surface area contributed by atoms with Gasteiger partial charge in [0.15, 0.2) is 5.17 Å². The van der Waals surface area contributed by atoms with Crippen molar-refractivity contribution < 1.29 is 4.79 Å². The lowest BCUT2D eigenvalue weighted by atomic mass is 10.8. The highest BCUT2D eigenvalue weighted by atomic mass is 32.2. The first-order valence-corrected chi connectivity index (χ1v) is 4.83. The summed E-state index contributed by atoms with van der Waals surface area (Å²) >= 11 is 1.43. The molecular formula is C7H10N4OS. The normalized spacial score (nSPS) is 11.4. The second kappa shape index (κ2) is 4.66. The first kappa shape index (κ1) is 9.79. The van der Waals surface area contributed by atoms with E-state index in [0.29, 0.717) is 5.17 Å². The molecule has 0 atom stereocenters. The van der Waals surface area contributed by atoms with Crippen molar-refractivity contribution in [3.05, 3.63) is 18.7 Å². The fourth-order valence-corrected chi connectivity index (χ4v) is 1.16. The molecule has 70 valence electrons. The third-order valence-corrected chi connectivity index (χ3v) is 1.88. The third-order valence-electron chi connectivity index (χ3n) is 1.22. The zero-order valence-electron chi connectivity index (χ0n) is 7.39. The summed E-state index contributed by atoms with van der Waals surface area (Å²) in [4.78, 5) is 14.5. The lowest BCUT2D eigenvalue weighted by Crippen LogP contribution is -2.17. The highest BCUT2D eigenvalue weighted by Crippen LogP contribution is 2.00. The van der Waals surface area contributed by atoms with Crippen molar-refractivity contribution in [3.8, 4) is 0 Å². The number of nitrogens with one attached hydrogen (secondary N) is 1. The lowest BCUT2D eigenvalue weighted by molar-refractivity contribution is -0.118. The summed E-state index contributed by atoms with van der Waals surface area (Å²) in [6, 6.07) is 0. The van der Waals surface area contributed by atoms with Crippen LogP contribution < -0.4 is 5.43 Å². The fraction of sp³-hybridized carbons (Fsp3) is 0.286. The molecule has 0 aliphatic rings. The van der Waals surface area contributed by atoms with Crippen LogP contribution in [0.2, 0.25) is 0 Å². The van der Waals surface area contributed by atoms with Crippen LogP contribution in [0, 0.1) is 0 Å². The van der Waals surface area contributed by atoms with E-state index in [1.165, 1.54) is 18.7 Å². The van der Waals surface area contributed by atoms with E-state index in [4.69, 9.17) is 0 Å². The molecule has 0 saturated carbocycles. The van der Waals surface area contributed by atoms with Crippen molar-refractivity contribution >= 4 is 22.8 Å². The van der Waals surface area contributed by atoms with Gasteiger partial charge in [-0.2, -0.15) is 0 Å². The Morgan fingerprint density at radius 2 is 2.46 bits per heavy atom. The molecule has 1 N–H and O–H groups in total. The average molecular weight is 198 g/mol. The number of amides is 1. The van der Waals surface area contributed by atoms with Crippen LogP contribution in [-0.4, -0.2) is 26.9 Å². The van der Waals surface area contributed by atoms with Crippen molar-refractivity contribution in [3.63, 3.8) is 0 Å². The quantitative estimate of drug-likeness (QED) is 0.406. The van der Waals surface area contributed by atoms with Crippen molar-refractivity contribution in [2.24, 2.45) is 5.10 Å². The summed E-state index contributed by atoms with van der Waals surface area (Å²) in [7, 11) is 0. The van der Waals surface area contributed by atoms with E-state index in [-0.39, 0.29) is 5.91 Å². The second-order valence-electron chi connectivity index (χ2n) is 2.24. The molecule has 0 bridgehead atoms. The average Bonchev–Trinajstić information content (AvgIpc) is 2.58. The molecule has 1 amide bonds. The molecule has 1 rings (SSSR count). The van der Waals surface area contributed by atoms with Gasteiger partial charge < -0.3 is 0 Å². The van der Waals surface area contributed by atoms with Gasteiger partial charge >= 0.3 is 0 Å². The Morgan fingerprint density at radius 3 is 2.92 bits per heavy atom. The van der Waals surface area contributed by atoms with Gasteiger partial charge in [0.25, 0.3) is 0 Å². The van der Waals surface area contributed by atoms with Crippen LogP contribution in [0.4, 0.5) is 0 Å². The van der Waals surface area contributed by atoms with Crippen LogP contribution in [0.3, 0.4) is 0 Å². The standard InChI is InChI=1S/C7H10N4OS/c1-6(12)9-10-7(13-2)11-4-3-8-5-11/h3-5H,1-2H3,(H,9,12)/b10-7+. The van der Waals surface area contributed by atoms with Crippen LogP contribution in [-0.2, 0) is 4.79 Å². The predicted octanol–water partition coefficient (Wildman–Crippen LogP) is 0.501. The number of aromatic nitrogens is 2. The minimum Gasteiger partial charge on any atom is -0.284 e. The van der Waals surface area contributed by atoms with Crippen molar-refractivity contribution in [2.45, 2.75) is 6.92 Å². The molecule has 0 saturated heterocycles. The predicted molar refractivity (Wildman–Crippen MR) is 52.4 cm³/mol. The summed E-state index contributed by atoms with van der Waals surface area (Å²) in [5, 5.41) is 4.56. The molecule has 0 unspecified atom stereocenters. The summed E-state index contributed by atoms with van der Waals surface area (Å²) in [6.07, 6.45) is 6.91. The number of hydrogen-bond donors (Lipinski definition) is 1. The van der Waals surface area contributed by atoms with Gasteiger partial charge in [0, 0.05) is 19.3 Å². The molecule has 0 aliphatic heterocycles. The molecule has 13 heavy (non-hydrogen) atoms. The van der Waals surface area contributed by atoms with E-state index < -0.39 is 0 Å². The first-order chi connectivity index (χ1) is 6.24. The molecule has 5 nitrogen and oxygen atoms in total. The number of rotatable bonds is 1. The highest BCUT2D eigenvalue weighted by Gasteiger charge is 1.99. The number of imidazole rings is 1. The second-order valence-corrected chi connectivity index (χ2v) is 3.01. The van der Waals surface area contributed by atoms with Crippen molar-refractivity contribution in [1.82, 2.24) is 15.0 Å². The number of carbonyl (C=O) groups excluding carboxylic acids is 1. The molecular weight excluding hydrogens is 188 g/mol. The first-order valence-electron chi connectivity index (χ1n) is 3.60. The van der Waals surface area contributed by atoms with E-state index in [1.54, 1.807) is 23.3 Å². The van der Waals surface area contributed by atoms with Crippen LogP contribution in [0.5, 0.6) is 0 Å². The molecule has 0 spiro atoms. The SMILES string of the molecule is CS/C(=N/NC(C)=O)n1ccnc1. The Morgan fingerprint density at radius 1 is 1.69 bits per heavy atom. The molecule has 0 aliphatic carbocycles. The molecule has 0 fully saturated rings. The number of hydrogen-bond acceptors (Lipinski definition) is 4. The van der Waals surface area contributed by atoms with Gasteiger partial charge in [0.2, 0.25) is 5.91 Å². The zero-order valence-corrected chi connectivity index (χ0v) is 8.21. The zero-order chi connectivity index (χ0) is 9.68. The number of nitrogens with zero attached hydrogens (tertiary/aromatic N) is 3. The molecule has 0 aromatic carbocycles. The molecule has 6 heteroatoms. The Hall–Kier alpha value is -1.30. The maximum absolute atomic E-state index is 10.6. The van der Waals surface area contributed by atoms with Crippen LogP contribution in [0.1, 0.15) is 6.92 Å². The van der Waals surface area contributed by atoms with Gasteiger partial charge in [-0.3, -0.25) is 9.36 Å². The maximum atomic E-state index is 10.6. The van der Waals surface area contributed by atoms with Crippen LogP contribution in [0.25, 0.3) is 0 Å². The van der Waals surface area contributed by atoms with E-state index in [1.807, 2.05) is 6.26 Å². The smallest absolute Gasteiger partial charge is 0.237 e.